The van der Waals surface area contributed by atoms with Crippen LogP contribution in [0, 0.1) is 6.92 Å². The van der Waals surface area contributed by atoms with Crippen LogP contribution in [0.3, 0.4) is 0 Å². The molecule has 1 saturated carbocycles. The van der Waals surface area contributed by atoms with Gasteiger partial charge in [0.05, 0.1) is 11.3 Å². The first-order valence-corrected chi connectivity index (χ1v) is 7.03. The Labute approximate surface area is 110 Å². The molecule has 1 aliphatic rings. The zero-order valence-corrected chi connectivity index (χ0v) is 11.3. The maximum atomic E-state index is 10.5. The van der Waals surface area contributed by atoms with E-state index in [0.29, 0.717) is 6.54 Å². The first-order valence-electron chi connectivity index (χ1n) is 7.03. The maximum absolute atomic E-state index is 10.5. The highest BCUT2D eigenvalue weighted by Crippen LogP contribution is 2.26. The number of hydrogen-bond acceptors (Lipinski definition) is 3. The van der Waals surface area contributed by atoms with Crippen molar-refractivity contribution in [1.29, 1.82) is 0 Å². The first kappa shape index (κ1) is 13.5. The molecular formula is C15H24N2O. The number of pyridine rings is 1. The second kappa shape index (κ2) is 6.30. The molecule has 1 fully saturated rings. The smallest absolute Gasteiger partial charge is 0.0771 e. The van der Waals surface area contributed by atoms with E-state index in [4.69, 9.17) is 0 Å². The topological polar surface area (TPSA) is 45.2 Å². The highest BCUT2D eigenvalue weighted by Gasteiger charge is 2.27. The van der Waals surface area contributed by atoms with Crippen LogP contribution in [0.15, 0.2) is 18.3 Å². The Morgan fingerprint density at radius 2 is 2.00 bits per heavy atom. The van der Waals surface area contributed by atoms with E-state index in [2.05, 4.69) is 23.3 Å². The average Bonchev–Trinajstić information content (AvgIpc) is 2.57. The van der Waals surface area contributed by atoms with Crippen molar-refractivity contribution in [2.75, 3.05) is 6.54 Å². The van der Waals surface area contributed by atoms with Gasteiger partial charge in [0.1, 0.15) is 0 Å². The molecule has 1 aliphatic carbocycles. The number of aliphatic hydroxyl groups is 1. The van der Waals surface area contributed by atoms with Crippen LogP contribution in [0.2, 0.25) is 0 Å². The number of rotatable bonds is 4. The minimum Gasteiger partial charge on any atom is -0.389 e. The zero-order chi connectivity index (χ0) is 12.8. The third-order valence-corrected chi connectivity index (χ3v) is 3.90. The molecule has 0 spiro atoms. The second-order valence-electron chi connectivity index (χ2n) is 5.51. The van der Waals surface area contributed by atoms with Gasteiger partial charge in [-0.15, -0.1) is 0 Å². The largest absolute Gasteiger partial charge is 0.389 e. The van der Waals surface area contributed by atoms with Gasteiger partial charge in [0.25, 0.3) is 0 Å². The minimum absolute atomic E-state index is 0.501. The van der Waals surface area contributed by atoms with Crippen molar-refractivity contribution in [3.8, 4) is 0 Å². The van der Waals surface area contributed by atoms with Crippen LogP contribution in [-0.4, -0.2) is 22.2 Å². The predicted octanol–water partition coefficient (Wildman–Crippen LogP) is 2.56. The van der Waals surface area contributed by atoms with Gasteiger partial charge in [-0.1, -0.05) is 31.7 Å². The molecule has 0 atom stereocenters. The molecule has 18 heavy (non-hydrogen) atoms. The highest BCUT2D eigenvalue weighted by atomic mass is 16.3. The molecule has 1 aromatic heterocycles. The lowest BCUT2D eigenvalue weighted by Gasteiger charge is -2.27. The fraction of sp³-hybridized carbons (Fsp3) is 0.667. The Morgan fingerprint density at radius 3 is 2.67 bits per heavy atom. The number of nitrogens with one attached hydrogen (secondary N) is 1. The Morgan fingerprint density at radius 1 is 1.28 bits per heavy atom. The highest BCUT2D eigenvalue weighted by molar-refractivity contribution is 5.17. The lowest BCUT2D eigenvalue weighted by atomic mass is 9.94. The SMILES string of the molecule is Cc1cccnc1CNCC1(O)CCCCCC1. The third kappa shape index (κ3) is 3.79. The molecule has 3 heteroatoms. The van der Waals surface area contributed by atoms with Crippen molar-refractivity contribution >= 4 is 0 Å². The van der Waals surface area contributed by atoms with Crippen LogP contribution in [0.5, 0.6) is 0 Å². The zero-order valence-electron chi connectivity index (χ0n) is 11.3. The van der Waals surface area contributed by atoms with Gasteiger partial charge in [0.2, 0.25) is 0 Å². The summed E-state index contributed by atoms with van der Waals surface area (Å²) in [5, 5.41) is 13.9. The van der Waals surface area contributed by atoms with Crippen LogP contribution >= 0.6 is 0 Å². The summed E-state index contributed by atoms with van der Waals surface area (Å²) in [6, 6.07) is 4.03. The Kier molecular flexibility index (Phi) is 4.72. The van der Waals surface area contributed by atoms with E-state index in [0.717, 1.165) is 37.9 Å². The van der Waals surface area contributed by atoms with E-state index in [1.807, 2.05) is 12.3 Å². The molecule has 0 radical (unpaired) electrons. The van der Waals surface area contributed by atoms with Crippen molar-refractivity contribution in [3.05, 3.63) is 29.6 Å². The van der Waals surface area contributed by atoms with E-state index in [-0.39, 0.29) is 0 Å². The monoisotopic (exact) mass is 248 g/mol. The molecule has 0 aliphatic heterocycles. The third-order valence-electron chi connectivity index (χ3n) is 3.90. The second-order valence-corrected chi connectivity index (χ2v) is 5.51. The number of hydrogen-bond donors (Lipinski definition) is 2. The number of aryl methyl sites for hydroxylation is 1. The fourth-order valence-electron chi connectivity index (χ4n) is 2.68. The first-order chi connectivity index (χ1) is 8.70. The van der Waals surface area contributed by atoms with Crippen molar-refractivity contribution in [2.45, 2.75) is 57.6 Å². The van der Waals surface area contributed by atoms with E-state index in [1.54, 1.807) is 0 Å². The number of aromatic nitrogens is 1. The Bertz CT molecular complexity index is 371. The average molecular weight is 248 g/mol. The fourth-order valence-corrected chi connectivity index (χ4v) is 2.68. The van der Waals surface area contributed by atoms with Gasteiger partial charge in [-0.3, -0.25) is 4.98 Å². The summed E-state index contributed by atoms with van der Waals surface area (Å²) in [4.78, 5) is 4.36. The van der Waals surface area contributed by atoms with Crippen LogP contribution in [0.4, 0.5) is 0 Å². The normalized spacial score (nSPS) is 19.4. The maximum Gasteiger partial charge on any atom is 0.0771 e. The molecule has 1 aromatic rings. The Balaban J connectivity index is 1.82. The van der Waals surface area contributed by atoms with E-state index >= 15 is 0 Å². The van der Waals surface area contributed by atoms with Crippen LogP contribution in [-0.2, 0) is 6.54 Å². The molecule has 0 unspecified atom stereocenters. The van der Waals surface area contributed by atoms with Gasteiger partial charge >= 0.3 is 0 Å². The molecule has 0 amide bonds. The lowest BCUT2D eigenvalue weighted by Crippen LogP contribution is -2.40. The van der Waals surface area contributed by atoms with Crippen molar-refractivity contribution in [2.24, 2.45) is 0 Å². The van der Waals surface area contributed by atoms with Crippen molar-refractivity contribution < 1.29 is 5.11 Å². The molecule has 2 N–H and O–H groups in total. The van der Waals surface area contributed by atoms with Gasteiger partial charge in [0.15, 0.2) is 0 Å². The molecule has 1 heterocycles. The summed E-state index contributed by atoms with van der Waals surface area (Å²) in [7, 11) is 0. The summed E-state index contributed by atoms with van der Waals surface area (Å²) in [5.74, 6) is 0. The standard InChI is InChI=1S/C15H24N2O/c1-13-7-6-10-17-14(13)11-16-12-15(18)8-4-2-3-5-9-15/h6-7,10,16,18H,2-5,8-9,11-12H2,1H3. The van der Waals surface area contributed by atoms with Gasteiger partial charge in [-0.25, -0.2) is 0 Å². The van der Waals surface area contributed by atoms with Gasteiger partial charge < -0.3 is 10.4 Å². The molecule has 0 saturated heterocycles. The van der Waals surface area contributed by atoms with E-state index in [1.165, 1.54) is 18.4 Å². The quantitative estimate of drug-likeness (QED) is 0.805. The molecule has 3 nitrogen and oxygen atoms in total. The molecule has 0 aromatic carbocycles. The summed E-state index contributed by atoms with van der Waals surface area (Å²) in [5.41, 5.74) is 1.78. The molecule has 2 rings (SSSR count). The molecule has 0 bridgehead atoms. The van der Waals surface area contributed by atoms with E-state index < -0.39 is 5.60 Å². The van der Waals surface area contributed by atoms with E-state index in [9.17, 15) is 5.11 Å². The van der Waals surface area contributed by atoms with Gasteiger partial charge in [-0.05, 0) is 31.4 Å². The van der Waals surface area contributed by atoms with Crippen molar-refractivity contribution in [1.82, 2.24) is 10.3 Å². The summed E-state index contributed by atoms with van der Waals surface area (Å²) < 4.78 is 0. The number of nitrogens with zero attached hydrogens (tertiary/aromatic N) is 1. The summed E-state index contributed by atoms with van der Waals surface area (Å²) in [6.07, 6.45) is 8.53. The van der Waals surface area contributed by atoms with Crippen molar-refractivity contribution in [3.63, 3.8) is 0 Å². The molecular weight excluding hydrogens is 224 g/mol. The lowest BCUT2D eigenvalue weighted by molar-refractivity contribution is 0.0249. The van der Waals surface area contributed by atoms with Crippen LogP contribution < -0.4 is 5.32 Å². The minimum atomic E-state index is -0.501. The van der Waals surface area contributed by atoms with Gasteiger partial charge in [0, 0.05) is 19.3 Å². The summed E-state index contributed by atoms with van der Waals surface area (Å²) in [6.45, 7) is 3.50. The Hall–Kier alpha value is -0.930. The predicted molar refractivity (Wildman–Crippen MR) is 73.3 cm³/mol. The van der Waals surface area contributed by atoms with Crippen LogP contribution in [0.1, 0.15) is 49.8 Å². The van der Waals surface area contributed by atoms with Crippen LogP contribution in [0.25, 0.3) is 0 Å². The molecule has 100 valence electrons. The summed E-state index contributed by atoms with van der Waals surface area (Å²) >= 11 is 0. The van der Waals surface area contributed by atoms with Gasteiger partial charge in [-0.2, -0.15) is 0 Å².